The van der Waals surface area contributed by atoms with Gasteiger partial charge in [0.15, 0.2) is 16.6 Å². The molecule has 2 unspecified atom stereocenters. The predicted molar refractivity (Wildman–Crippen MR) is 131 cm³/mol. The van der Waals surface area contributed by atoms with Gasteiger partial charge >= 0.3 is 5.97 Å². The highest BCUT2D eigenvalue weighted by Crippen LogP contribution is 2.40. The summed E-state index contributed by atoms with van der Waals surface area (Å²) in [6.45, 7) is 5.01. The molecule has 2 aliphatic rings. The lowest BCUT2D eigenvalue weighted by atomic mass is 9.93. The number of halogens is 1. The van der Waals surface area contributed by atoms with Crippen LogP contribution in [0.3, 0.4) is 0 Å². The van der Waals surface area contributed by atoms with Crippen molar-refractivity contribution in [3.63, 3.8) is 0 Å². The number of hydrogen-bond donors (Lipinski definition) is 0. The molecule has 1 aliphatic heterocycles. The molecule has 2 atom stereocenters. The van der Waals surface area contributed by atoms with Gasteiger partial charge in [-0.05, 0) is 43.9 Å². The Bertz CT molecular complexity index is 1130. The fourth-order valence-electron chi connectivity index (χ4n) is 4.44. The number of carbonyl (C=O) groups excluding carboxylic acids is 3. The van der Waals surface area contributed by atoms with Crippen molar-refractivity contribution in [1.29, 1.82) is 0 Å². The second-order valence-electron chi connectivity index (χ2n) is 8.88. The van der Waals surface area contributed by atoms with Gasteiger partial charge in [0.1, 0.15) is 5.82 Å². The molecule has 0 N–H and O–H groups in total. The van der Waals surface area contributed by atoms with E-state index in [1.165, 1.54) is 17.8 Å². The lowest BCUT2D eigenvalue weighted by molar-refractivity contribution is -0.126. The van der Waals surface area contributed by atoms with Crippen molar-refractivity contribution < 1.29 is 23.5 Å². The van der Waals surface area contributed by atoms with E-state index < -0.39 is 12.0 Å². The van der Waals surface area contributed by atoms with E-state index in [0.29, 0.717) is 31.6 Å². The van der Waals surface area contributed by atoms with Crippen molar-refractivity contribution in [1.82, 2.24) is 14.7 Å². The van der Waals surface area contributed by atoms with Crippen molar-refractivity contribution in [2.24, 2.45) is 5.92 Å². The van der Waals surface area contributed by atoms with Crippen LogP contribution in [-0.2, 0) is 20.9 Å². The largest absolute Gasteiger partial charge is 0.461 e. The molecule has 7 nitrogen and oxygen atoms in total. The average molecular weight is 500 g/mol. The summed E-state index contributed by atoms with van der Waals surface area (Å²) in [5.41, 5.74) is 1.64. The van der Waals surface area contributed by atoms with Gasteiger partial charge in [-0.25, -0.2) is 9.18 Å². The Morgan fingerprint density at radius 2 is 2.00 bits per heavy atom. The van der Waals surface area contributed by atoms with Crippen molar-refractivity contribution in [2.75, 3.05) is 19.7 Å². The summed E-state index contributed by atoms with van der Waals surface area (Å²) in [7, 11) is 0. The Labute approximate surface area is 208 Å². The molecule has 35 heavy (non-hydrogen) atoms. The van der Waals surface area contributed by atoms with E-state index >= 15 is 0 Å². The molecule has 1 aromatic heterocycles. The molecule has 2 heterocycles. The number of aromatic nitrogens is 2. The standard InChI is InChI=1S/C26H30FN3O4S/c1-3-34-26(33)22-11-15-30(28-22)14-10-19-16-29(13-12-23(19)35-17(2)31)24(25(32)18-8-9-18)20-6-4-5-7-21(20)27/h4-7,10-11,15,18,23-24H,3,8-9,12-14,16H2,1-2H3/b19-10+. The summed E-state index contributed by atoms with van der Waals surface area (Å²) in [5, 5.41) is 4.28. The third kappa shape index (κ3) is 6.27. The van der Waals surface area contributed by atoms with Gasteiger partial charge < -0.3 is 4.74 Å². The maximum atomic E-state index is 14.8. The lowest BCUT2D eigenvalue weighted by Gasteiger charge is -2.38. The number of rotatable bonds is 9. The van der Waals surface area contributed by atoms with Crippen LogP contribution in [0.4, 0.5) is 4.39 Å². The molecule has 0 amide bonds. The third-order valence-electron chi connectivity index (χ3n) is 6.27. The van der Waals surface area contributed by atoms with E-state index in [1.807, 2.05) is 11.0 Å². The number of ketones is 1. The van der Waals surface area contributed by atoms with Gasteiger partial charge in [-0.15, -0.1) is 0 Å². The Balaban J connectivity index is 1.57. The molecule has 2 aromatic rings. The summed E-state index contributed by atoms with van der Waals surface area (Å²) < 4.78 is 21.4. The van der Waals surface area contributed by atoms with Crippen LogP contribution in [0.2, 0.25) is 0 Å². The normalized spacial score (nSPS) is 20.5. The highest BCUT2D eigenvalue weighted by molar-refractivity contribution is 8.14. The number of ether oxygens (including phenoxy) is 1. The number of nitrogens with zero attached hydrogens (tertiary/aromatic N) is 3. The molecule has 0 radical (unpaired) electrons. The van der Waals surface area contributed by atoms with Gasteiger partial charge in [0.2, 0.25) is 0 Å². The number of Topliss-reactive ketones (excluding diaryl/α,β-unsaturated/α-hetero) is 1. The molecule has 2 fully saturated rings. The first-order valence-corrected chi connectivity index (χ1v) is 12.8. The number of hydrogen-bond acceptors (Lipinski definition) is 7. The van der Waals surface area contributed by atoms with E-state index in [9.17, 15) is 18.8 Å². The first-order chi connectivity index (χ1) is 16.9. The number of thioether (sulfide) groups is 1. The van der Waals surface area contributed by atoms with Crippen molar-refractivity contribution >= 4 is 28.6 Å². The minimum Gasteiger partial charge on any atom is -0.461 e. The molecule has 0 spiro atoms. The minimum atomic E-state index is -0.643. The van der Waals surface area contributed by atoms with Crippen LogP contribution in [0.1, 0.15) is 55.2 Å². The summed E-state index contributed by atoms with van der Waals surface area (Å²) in [4.78, 5) is 39.1. The average Bonchev–Trinajstić information content (AvgIpc) is 3.57. The van der Waals surface area contributed by atoms with Crippen LogP contribution in [-0.4, -0.2) is 56.5 Å². The third-order valence-corrected chi connectivity index (χ3v) is 7.42. The van der Waals surface area contributed by atoms with Gasteiger partial charge in [-0.2, -0.15) is 5.10 Å². The van der Waals surface area contributed by atoms with Crippen LogP contribution in [0.15, 0.2) is 48.2 Å². The Morgan fingerprint density at radius 3 is 2.69 bits per heavy atom. The summed E-state index contributed by atoms with van der Waals surface area (Å²) in [6.07, 6.45) is 6.08. The zero-order chi connectivity index (χ0) is 24.9. The van der Waals surface area contributed by atoms with Crippen molar-refractivity contribution in [3.05, 3.63) is 65.3 Å². The molecule has 1 aromatic carbocycles. The van der Waals surface area contributed by atoms with Crippen LogP contribution >= 0.6 is 11.8 Å². The summed E-state index contributed by atoms with van der Waals surface area (Å²) in [5.74, 6) is -0.792. The first-order valence-electron chi connectivity index (χ1n) is 12.0. The number of carbonyl (C=O) groups is 3. The SMILES string of the molecule is CCOC(=O)c1ccn(C/C=C2\CN(C(C(=O)C3CC3)c3ccccc3F)CCC2SC(C)=O)n1. The molecule has 0 bridgehead atoms. The minimum absolute atomic E-state index is 0.0123. The molecular weight excluding hydrogens is 469 g/mol. The van der Waals surface area contributed by atoms with Gasteiger partial charge in [0, 0.05) is 42.9 Å². The van der Waals surface area contributed by atoms with E-state index in [2.05, 4.69) is 5.10 Å². The van der Waals surface area contributed by atoms with Gasteiger partial charge in [-0.1, -0.05) is 36.0 Å². The molecule has 1 saturated carbocycles. The molecule has 1 saturated heterocycles. The van der Waals surface area contributed by atoms with Gasteiger partial charge in [-0.3, -0.25) is 19.2 Å². The number of allylic oxidation sites excluding steroid dienone is 1. The molecular formula is C26H30FN3O4S. The highest BCUT2D eigenvalue weighted by atomic mass is 32.2. The smallest absolute Gasteiger partial charge is 0.358 e. The Hall–Kier alpha value is -2.78. The second kappa shape index (κ2) is 11.3. The van der Waals surface area contributed by atoms with E-state index in [-0.39, 0.29) is 40.2 Å². The van der Waals surface area contributed by atoms with Crippen molar-refractivity contribution in [2.45, 2.75) is 50.9 Å². The molecule has 1 aliphatic carbocycles. The maximum Gasteiger partial charge on any atom is 0.358 e. The molecule has 9 heteroatoms. The lowest BCUT2D eigenvalue weighted by Crippen LogP contribution is -2.43. The van der Waals surface area contributed by atoms with Gasteiger partial charge in [0.25, 0.3) is 0 Å². The van der Waals surface area contributed by atoms with Crippen LogP contribution < -0.4 is 0 Å². The number of piperidine rings is 1. The van der Waals surface area contributed by atoms with E-state index in [1.54, 1.807) is 49.0 Å². The second-order valence-corrected chi connectivity index (χ2v) is 10.3. The maximum absolute atomic E-state index is 14.8. The van der Waals surface area contributed by atoms with E-state index in [4.69, 9.17) is 4.74 Å². The Kier molecular flexibility index (Phi) is 8.18. The fraction of sp³-hybridized carbons (Fsp3) is 0.462. The fourth-order valence-corrected chi connectivity index (χ4v) is 5.39. The summed E-state index contributed by atoms with van der Waals surface area (Å²) >= 11 is 1.28. The first kappa shape index (κ1) is 25.3. The predicted octanol–water partition coefficient (Wildman–Crippen LogP) is 4.20. The van der Waals surface area contributed by atoms with Gasteiger partial charge in [0.05, 0.1) is 19.2 Å². The van der Waals surface area contributed by atoms with E-state index in [0.717, 1.165) is 18.4 Å². The zero-order valence-electron chi connectivity index (χ0n) is 20.0. The monoisotopic (exact) mass is 499 g/mol. The number of benzene rings is 1. The van der Waals surface area contributed by atoms with Crippen LogP contribution in [0, 0.1) is 11.7 Å². The topological polar surface area (TPSA) is 81.5 Å². The molecule has 186 valence electrons. The Morgan fingerprint density at radius 1 is 1.23 bits per heavy atom. The van der Waals surface area contributed by atoms with Crippen LogP contribution in [0.25, 0.3) is 0 Å². The number of esters is 1. The van der Waals surface area contributed by atoms with Crippen molar-refractivity contribution in [3.8, 4) is 0 Å². The zero-order valence-corrected chi connectivity index (χ0v) is 20.8. The molecule has 4 rings (SSSR count). The number of likely N-dealkylation sites (tertiary alicyclic amines) is 1. The summed E-state index contributed by atoms with van der Waals surface area (Å²) in [6, 6.07) is 7.45. The van der Waals surface area contributed by atoms with Crippen LogP contribution in [0.5, 0.6) is 0 Å². The quantitative estimate of drug-likeness (QED) is 0.378. The highest BCUT2D eigenvalue weighted by Gasteiger charge is 2.41.